The minimum absolute atomic E-state index is 0.219. The molecule has 1 N–H and O–H groups in total. The fourth-order valence-corrected chi connectivity index (χ4v) is 0.750. The van der Waals surface area contributed by atoms with Crippen molar-refractivity contribution in [3.05, 3.63) is 12.7 Å². The Hall–Kier alpha value is -1.32. The summed E-state index contributed by atoms with van der Waals surface area (Å²) < 4.78 is 4.70. The Kier molecular flexibility index (Phi) is 6.59. The third-order valence-electron chi connectivity index (χ3n) is 1.35. The van der Waals surface area contributed by atoms with E-state index in [1.165, 1.54) is 6.08 Å². The molecular weight excluding hydrogens is 170 g/mol. The van der Waals surface area contributed by atoms with Gasteiger partial charge in [-0.3, -0.25) is 9.59 Å². The average molecular weight is 185 g/mol. The fraction of sp³-hybridized carbons (Fsp3) is 0.556. The predicted molar refractivity (Wildman–Crippen MR) is 49.1 cm³/mol. The van der Waals surface area contributed by atoms with Crippen LogP contribution in [0.4, 0.5) is 0 Å². The second kappa shape index (κ2) is 7.34. The van der Waals surface area contributed by atoms with Crippen LogP contribution in [0.2, 0.25) is 0 Å². The summed E-state index contributed by atoms with van der Waals surface area (Å²) in [6, 6.07) is 0. The third-order valence-corrected chi connectivity index (χ3v) is 1.35. The Morgan fingerprint density at radius 3 is 2.77 bits per heavy atom. The van der Waals surface area contributed by atoms with Crippen molar-refractivity contribution >= 4 is 11.9 Å². The molecule has 0 saturated carbocycles. The topological polar surface area (TPSA) is 55.4 Å². The lowest BCUT2D eigenvalue weighted by Gasteiger charge is -2.02. The molecule has 0 radical (unpaired) electrons. The van der Waals surface area contributed by atoms with E-state index in [9.17, 15) is 9.59 Å². The van der Waals surface area contributed by atoms with E-state index in [4.69, 9.17) is 4.74 Å². The van der Waals surface area contributed by atoms with Gasteiger partial charge in [0.2, 0.25) is 5.91 Å². The lowest BCUT2D eigenvalue weighted by molar-refractivity contribution is -0.143. The number of nitrogens with one attached hydrogen (secondary N) is 1. The molecule has 0 fully saturated rings. The van der Waals surface area contributed by atoms with E-state index in [0.717, 1.165) is 0 Å². The molecule has 0 aliphatic carbocycles. The van der Waals surface area contributed by atoms with Crippen LogP contribution in [0.3, 0.4) is 0 Å². The van der Waals surface area contributed by atoms with E-state index in [1.807, 2.05) is 0 Å². The molecule has 0 aromatic rings. The first kappa shape index (κ1) is 11.7. The van der Waals surface area contributed by atoms with Gasteiger partial charge < -0.3 is 10.1 Å². The molecule has 1 amide bonds. The molecule has 0 rings (SSSR count). The summed E-state index contributed by atoms with van der Waals surface area (Å²) in [6.45, 7) is 5.94. The maximum atomic E-state index is 10.8. The van der Waals surface area contributed by atoms with E-state index in [2.05, 4.69) is 11.9 Å². The van der Waals surface area contributed by atoms with Crippen LogP contribution in [0, 0.1) is 0 Å². The first-order valence-electron chi connectivity index (χ1n) is 4.26. The van der Waals surface area contributed by atoms with Gasteiger partial charge in [0.25, 0.3) is 0 Å². The molecule has 0 atom stereocenters. The standard InChI is InChI=1S/C9H15NO3/c1-3-8(11)10-7-5-6-9(12)13-4-2/h3H,1,4-7H2,2H3,(H,10,11). The maximum Gasteiger partial charge on any atom is 0.305 e. The molecule has 4 heteroatoms. The number of hydrogen-bond donors (Lipinski definition) is 1. The highest BCUT2D eigenvalue weighted by atomic mass is 16.5. The second-order valence-electron chi connectivity index (χ2n) is 2.40. The van der Waals surface area contributed by atoms with Crippen LogP contribution in [0.25, 0.3) is 0 Å². The number of amides is 1. The van der Waals surface area contributed by atoms with Gasteiger partial charge in [0.1, 0.15) is 0 Å². The third kappa shape index (κ3) is 7.05. The Labute approximate surface area is 78.0 Å². The highest BCUT2D eigenvalue weighted by molar-refractivity contribution is 5.86. The number of esters is 1. The summed E-state index contributed by atoms with van der Waals surface area (Å²) >= 11 is 0. The molecule has 13 heavy (non-hydrogen) atoms. The normalized spacial score (nSPS) is 9.00. The monoisotopic (exact) mass is 185 g/mol. The smallest absolute Gasteiger partial charge is 0.305 e. The SMILES string of the molecule is C=CC(=O)NCCCC(=O)OCC. The van der Waals surface area contributed by atoms with Gasteiger partial charge in [-0.05, 0) is 19.4 Å². The Morgan fingerprint density at radius 2 is 2.23 bits per heavy atom. The van der Waals surface area contributed by atoms with Gasteiger partial charge in [-0.2, -0.15) is 0 Å². The quantitative estimate of drug-likeness (QED) is 0.375. The second-order valence-corrected chi connectivity index (χ2v) is 2.40. The van der Waals surface area contributed by atoms with Crippen molar-refractivity contribution in [3.63, 3.8) is 0 Å². The molecule has 0 heterocycles. The molecular formula is C9H15NO3. The molecule has 0 aromatic carbocycles. The van der Waals surface area contributed by atoms with Crippen molar-refractivity contribution in [1.29, 1.82) is 0 Å². The number of rotatable bonds is 6. The number of carbonyl (C=O) groups excluding carboxylic acids is 2. The van der Waals surface area contributed by atoms with Crippen LogP contribution in [0.5, 0.6) is 0 Å². The fourth-order valence-electron chi connectivity index (χ4n) is 0.750. The lowest BCUT2D eigenvalue weighted by atomic mass is 10.3. The van der Waals surface area contributed by atoms with E-state index in [-0.39, 0.29) is 11.9 Å². The predicted octanol–water partition coefficient (Wildman–Crippen LogP) is 0.632. The molecule has 74 valence electrons. The summed E-state index contributed by atoms with van der Waals surface area (Å²) in [4.78, 5) is 21.4. The van der Waals surface area contributed by atoms with Crippen molar-refractivity contribution < 1.29 is 14.3 Å². The number of ether oxygens (including phenoxy) is 1. The van der Waals surface area contributed by atoms with Crippen molar-refractivity contribution in [2.45, 2.75) is 19.8 Å². The summed E-state index contributed by atoms with van der Waals surface area (Å²) in [5.41, 5.74) is 0. The van der Waals surface area contributed by atoms with Crippen LogP contribution in [0.1, 0.15) is 19.8 Å². The highest BCUT2D eigenvalue weighted by Gasteiger charge is 2.00. The van der Waals surface area contributed by atoms with Gasteiger partial charge in [0, 0.05) is 13.0 Å². The molecule has 0 saturated heterocycles. The van der Waals surface area contributed by atoms with Crippen molar-refractivity contribution in [1.82, 2.24) is 5.32 Å². The molecule has 0 aliphatic heterocycles. The van der Waals surface area contributed by atoms with Crippen molar-refractivity contribution in [2.24, 2.45) is 0 Å². The molecule has 0 unspecified atom stereocenters. The van der Waals surface area contributed by atoms with Gasteiger partial charge in [0.15, 0.2) is 0 Å². The molecule has 0 aliphatic rings. The molecule has 0 spiro atoms. The minimum atomic E-state index is -0.227. The zero-order valence-corrected chi connectivity index (χ0v) is 7.84. The van der Waals surface area contributed by atoms with Crippen molar-refractivity contribution in [3.8, 4) is 0 Å². The van der Waals surface area contributed by atoms with Crippen LogP contribution in [-0.4, -0.2) is 25.0 Å². The molecule has 0 bridgehead atoms. The zero-order valence-electron chi connectivity index (χ0n) is 7.84. The maximum absolute atomic E-state index is 10.8. The summed E-state index contributed by atoms with van der Waals surface area (Å²) in [7, 11) is 0. The van der Waals surface area contributed by atoms with E-state index in [0.29, 0.717) is 26.0 Å². The van der Waals surface area contributed by atoms with Crippen LogP contribution >= 0.6 is 0 Å². The average Bonchev–Trinajstić information content (AvgIpc) is 2.12. The van der Waals surface area contributed by atoms with Crippen LogP contribution in [-0.2, 0) is 14.3 Å². The number of hydrogen-bond acceptors (Lipinski definition) is 3. The Bertz CT molecular complexity index is 189. The zero-order chi connectivity index (χ0) is 10.1. The molecule has 4 nitrogen and oxygen atoms in total. The van der Waals surface area contributed by atoms with E-state index >= 15 is 0 Å². The lowest BCUT2D eigenvalue weighted by Crippen LogP contribution is -2.22. The van der Waals surface area contributed by atoms with E-state index < -0.39 is 0 Å². The number of carbonyl (C=O) groups is 2. The van der Waals surface area contributed by atoms with Gasteiger partial charge in [-0.15, -0.1) is 0 Å². The minimum Gasteiger partial charge on any atom is -0.466 e. The van der Waals surface area contributed by atoms with Crippen molar-refractivity contribution in [2.75, 3.05) is 13.2 Å². The van der Waals surface area contributed by atoms with Crippen LogP contribution in [0.15, 0.2) is 12.7 Å². The molecule has 0 aromatic heterocycles. The summed E-state index contributed by atoms with van der Waals surface area (Å²) in [5, 5.41) is 2.57. The van der Waals surface area contributed by atoms with E-state index in [1.54, 1.807) is 6.92 Å². The van der Waals surface area contributed by atoms with Gasteiger partial charge in [-0.1, -0.05) is 6.58 Å². The van der Waals surface area contributed by atoms with Gasteiger partial charge >= 0.3 is 5.97 Å². The Balaban J connectivity index is 3.30. The summed E-state index contributed by atoms with van der Waals surface area (Å²) in [5.74, 6) is -0.445. The first-order chi connectivity index (χ1) is 6.20. The first-order valence-corrected chi connectivity index (χ1v) is 4.26. The summed E-state index contributed by atoms with van der Waals surface area (Å²) in [6.07, 6.45) is 2.13. The van der Waals surface area contributed by atoms with Gasteiger partial charge in [0.05, 0.1) is 6.61 Å². The van der Waals surface area contributed by atoms with Crippen LogP contribution < -0.4 is 5.32 Å². The van der Waals surface area contributed by atoms with Gasteiger partial charge in [-0.25, -0.2) is 0 Å². The Morgan fingerprint density at radius 1 is 1.54 bits per heavy atom. The highest BCUT2D eigenvalue weighted by Crippen LogP contribution is 1.90. The largest absolute Gasteiger partial charge is 0.466 e.